The lowest BCUT2D eigenvalue weighted by atomic mass is 10.0. The fourth-order valence-corrected chi connectivity index (χ4v) is 1.61. The molecular formula is C13H10O5. The monoisotopic (exact) mass is 246 g/mol. The molecule has 0 atom stereocenters. The molecule has 0 aliphatic carbocycles. The van der Waals surface area contributed by atoms with Gasteiger partial charge >= 0.3 is 11.9 Å². The van der Waals surface area contributed by atoms with Gasteiger partial charge in [0.05, 0.1) is 5.56 Å². The Balaban J connectivity index is 2.47. The second kappa shape index (κ2) is 4.37. The number of rotatable bonds is 3. The van der Waals surface area contributed by atoms with Gasteiger partial charge in [0.15, 0.2) is 0 Å². The topological polar surface area (TPSA) is 87.7 Å². The summed E-state index contributed by atoms with van der Waals surface area (Å²) < 4.78 is 5.11. The van der Waals surface area contributed by atoms with Crippen molar-refractivity contribution in [3.05, 3.63) is 47.2 Å². The molecule has 5 heteroatoms. The third kappa shape index (κ3) is 2.10. The summed E-state index contributed by atoms with van der Waals surface area (Å²) in [6.45, 7) is 1.69. The molecule has 1 heterocycles. The van der Waals surface area contributed by atoms with Crippen molar-refractivity contribution < 1.29 is 24.2 Å². The van der Waals surface area contributed by atoms with Crippen LogP contribution in [0.5, 0.6) is 0 Å². The van der Waals surface area contributed by atoms with E-state index >= 15 is 0 Å². The summed E-state index contributed by atoms with van der Waals surface area (Å²) in [7, 11) is 0. The normalized spacial score (nSPS) is 10.3. The van der Waals surface area contributed by atoms with E-state index in [1.807, 2.05) is 0 Å². The maximum absolute atomic E-state index is 11.0. The second-order valence-electron chi connectivity index (χ2n) is 3.80. The first-order valence-electron chi connectivity index (χ1n) is 5.16. The maximum atomic E-state index is 11.0. The number of carboxylic acid groups (broad SMARTS) is 2. The molecule has 1 aromatic carbocycles. The summed E-state index contributed by atoms with van der Waals surface area (Å²) in [5.74, 6) is -2.04. The van der Waals surface area contributed by atoms with Crippen molar-refractivity contribution in [3.63, 3.8) is 0 Å². The Kier molecular flexibility index (Phi) is 2.89. The average Bonchev–Trinajstić information content (AvgIpc) is 2.78. The van der Waals surface area contributed by atoms with Crippen LogP contribution in [0.25, 0.3) is 11.3 Å². The predicted octanol–water partition coefficient (Wildman–Crippen LogP) is 2.65. The lowest BCUT2D eigenvalue weighted by molar-refractivity contribution is 0.0660. The quantitative estimate of drug-likeness (QED) is 0.869. The molecule has 0 radical (unpaired) electrons. The number of carbonyl (C=O) groups is 2. The SMILES string of the molecule is Cc1ccc(-c2ccc(C(=O)O)o2)cc1C(=O)O. The molecule has 0 saturated heterocycles. The standard InChI is InChI=1S/C13H10O5/c1-7-2-3-8(6-9(7)12(14)15)10-4-5-11(18-10)13(16)17/h2-6H,1H3,(H,14,15)(H,16,17). The Morgan fingerprint density at radius 2 is 1.78 bits per heavy atom. The van der Waals surface area contributed by atoms with E-state index < -0.39 is 11.9 Å². The molecule has 0 amide bonds. The largest absolute Gasteiger partial charge is 0.478 e. The van der Waals surface area contributed by atoms with E-state index in [1.54, 1.807) is 19.1 Å². The Labute approximate surface area is 102 Å². The highest BCUT2D eigenvalue weighted by molar-refractivity contribution is 5.91. The number of hydrogen-bond acceptors (Lipinski definition) is 3. The zero-order chi connectivity index (χ0) is 13.3. The Morgan fingerprint density at radius 3 is 2.33 bits per heavy atom. The summed E-state index contributed by atoms with van der Waals surface area (Å²) in [6.07, 6.45) is 0. The van der Waals surface area contributed by atoms with Crippen molar-refractivity contribution >= 4 is 11.9 Å². The molecule has 0 saturated carbocycles. The lowest BCUT2D eigenvalue weighted by Gasteiger charge is -2.03. The van der Waals surface area contributed by atoms with Crippen molar-refractivity contribution in [2.45, 2.75) is 6.92 Å². The molecule has 0 spiro atoms. The van der Waals surface area contributed by atoms with E-state index in [9.17, 15) is 9.59 Å². The van der Waals surface area contributed by atoms with Gasteiger partial charge < -0.3 is 14.6 Å². The summed E-state index contributed by atoms with van der Waals surface area (Å²) in [4.78, 5) is 21.7. The minimum Gasteiger partial charge on any atom is -0.478 e. The molecule has 1 aromatic heterocycles. The van der Waals surface area contributed by atoms with E-state index in [-0.39, 0.29) is 11.3 Å². The van der Waals surface area contributed by atoms with Crippen LogP contribution in [0.2, 0.25) is 0 Å². The summed E-state index contributed by atoms with van der Waals surface area (Å²) in [5, 5.41) is 17.7. The predicted molar refractivity (Wildman–Crippen MR) is 62.8 cm³/mol. The first-order valence-corrected chi connectivity index (χ1v) is 5.16. The molecule has 0 aliphatic rings. The number of hydrogen-bond donors (Lipinski definition) is 2. The van der Waals surface area contributed by atoms with Gasteiger partial charge in [-0.3, -0.25) is 0 Å². The Morgan fingerprint density at radius 1 is 1.06 bits per heavy atom. The first kappa shape index (κ1) is 11.9. The molecule has 92 valence electrons. The highest BCUT2D eigenvalue weighted by Gasteiger charge is 2.13. The molecule has 0 unspecified atom stereocenters. The molecule has 2 aromatic rings. The van der Waals surface area contributed by atoms with Crippen molar-refractivity contribution in [2.24, 2.45) is 0 Å². The van der Waals surface area contributed by atoms with Gasteiger partial charge in [0.25, 0.3) is 0 Å². The van der Waals surface area contributed by atoms with Gasteiger partial charge in [-0.25, -0.2) is 9.59 Å². The number of benzene rings is 1. The van der Waals surface area contributed by atoms with Crippen LogP contribution in [-0.2, 0) is 0 Å². The highest BCUT2D eigenvalue weighted by Crippen LogP contribution is 2.24. The van der Waals surface area contributed by atoms with E-state index in [0.717, 1.165) is 0 Å². The van der Waals surface area contributed by atoms with Gasteiger partial charge in [-0.15, -0.1) is 0 Å². The first-order chi connectivity index (χ1) is 8.49. The summed E-state index contributed by atoms with van der Waals surface area (Å²) >= 11 is 0. The van der Waals surface area contributed by atoms with Gasteiger partial charge in [0.1, 0.15) is 5.76 Å². The Hall–Kier alpha value is -2.56. The van der Waals surface area contributed by atoms with Crippen LogP contribution in [-0.4, -0.2) is 22.2 Å². The smallest absolute Gasteiger partial charge is 0.371 e. The van der Waals surface area contributed by atoms with Gasteiger partial charge in [-0.2, -0.15) is 0 Å². The van der Waals surface area contributed by atoms with Crippen molar-refractivity contribution in [1.29, 1.82) is 0 Å². The van der Waals surface area contributed by atoms with Crippen molar-refractivity contribution in [1.82, 2.24) is 0 Å². The molecule has 0 fully saturated rings. The van der Waals surface area contributed by atoms with Crippen LogP contribution in [0.4, 0.5) is 0 Å². The van der Waals surface area contributed by atoms with Crippen LogP contribution >= 0.6 is 0 Å². The van der Waals surface area contributed by atoms with Crippen LogP contribution in [0.3, 0.4) is 0 Å². The fourth-order valence-electron chi connectivity index (χ4n) is 1.61. The lowest BCUT2D eigenvalue weighted by Crippen LogP contribution is -1.99. The van der Waals surface area contributed by atoms with Crippen LogP contribution in [0.1, 0.15) is 26.5 Å². The Bertz CT molecular complexity index is 624. The number of aromatic carboxylic acids is 2. The van der Waals surface area contributed by atoms with E-state index in [4.69, 9.17) is 14.6 Å². The van der Waals surface area contributed by atoms with Gasteiger partial charge in [0, 0.05) is 5.56 Å². The molecular weight excluding hydrogens is 236 g/mol. The third-order valence-corrected chi connectivity index (χ3v) is 2.57. The third-order valence-electron chi connectivity index (χ3n) is 2.57. The summed E-state index contributed by atoms with van der Waals surface area (Å²) in [5.41, 5.74) is 1.34. The van der Waals surface area contributed by atoms with Crippen LogP contribution in [0.15, 0.2) is 34.7 Å². The second-order valence-corrected chi connectivity index (χ2v) is 3.80. The van der Waals surface area contributed by atoms with E-state index in [1.165, 1.54) is 18.2 Å². The van der Waals surface area contributed by atoms with Crippen molar-refractivity contribution in [3.8, 4) is 11.3 Å². The minimum atomic E-state index is -1.16. The zero-order valence-electron chi connectivity index (χ0n) is 9.51. The average molecular weight is 246 g/mol. The van der Waals surface area contributed by atoms with Gasteiger partial charge in [-0.05, 0) is 30.7 Å². The molecule has 2 rings (SSSR count). The number of carboxylic acids is 2. The number of furan rings is 1. The summed E-state index contributed by atoms with van der Waals surface area (Å²) in [6, 6.07) is 7.63. The van der Waals surface area contributed by atoms with Crippen molar-refractivity contribution in [2.75, 3.05) is 0 Å². The number of aryl methyl sites for hydroxylation is 1. The molecule has 5 nitrogen and oxygen atoms in total. The maximum Gasteiger partial charge on any atom is 0.371 e. The fraction of sp³-hybridized carbons (Fsp3) is 0.0769. The molecule has 2 N–H and O–H groups in total. The minimum absolute atomic E-state index is 0.167. The van der Waals surface area contributed by atoms with Gasteiger partial charge in [-0.1, -0.05) is 12.1 Å². The molecule has 18 heavy (non-hydrogen) atoms. The van der Waals surface area contributed by atoms with Gasteiger partial charge in [0.2, 0.25) is 5.76 Å². The van der Waals surface area contributed by atoms with E-state index in [0.29, 0.717) is 16.9 Å². The van der Waals surface area contributed by atoms with E-state index in [2.05, 4.69) is 0 Å². The zero-order valence-corrected chi connectivity index (χ0v) is 9.51. The molecule has 0 aliphatic heterocycles. The van der Waals surface area contributed by atoms with Crippen LogP contribution < -0.4 is 0 Å². The highest BCUT2D eigenvalue weighted by atomic mass is 16.4. The molecule has 0 bridgehead atoms. The van der Waals surface area contributed by atoms with Crippen LogP contribution in [0, 0.1) is 6.92 Å².